The van der Waals surface area contributed by atoms with Crippen LogP contribution in [0.3, 0.4) is 0 Å². The lowest BCUT2D eigenvalue weighted by Gasteiger charge is -2.27. The van der Waals surface area contributed by atoms with Crippen LogP contribution in [0, 0.1) is 11.8 Å². The second-order valence-corrected chi connectivity index (χ2v) is 6.33. The molecule has 24 heavy (non-hydrogen) atoms. The van der Waals surface area contributed by atoms with E-state index >= 15 is 0 Å². The molecule has 1 fully saturated rings. The normalized spacial score (nSPS) is 17.6. The van der Waals surface area contributed by atoms with Crippen molar-refractivity contribution in [3.05, 3.63) is 35.9 Å². The molecule has 2 unspecified atom stereocenters. The molecule has 0 bridgehead atoms. The van der Waals surface area contributed by atoms with E-state index in [-0.39, 0.29) is 30.2 Å². The van der Waals surface area contributed by atoms with Gasteiger partial charge in [0, 0.05) is 19.8 Å². The molecule has 3 N–H and O–H groups in total. The average molecular weight is 357 g/mol. The molecule has 2 atom stereocenters. The van der Waals surface area contributed by atoms with Gasteiger partial charge in [0.05, 0.1) is 19.3 Å². The Kier molecular flexibility index (Phi) is 9.95. The fourth-order valence-electron chi connectivity index (χ4n) is 2.69. The molecule has 0 radical (unpaired) electrons. The maximum atomic E-state index is 12.1. The number of amides is 1. The van der Waals surface area contributed by atoms with Crippen LogP contribution in [0.5, 0.6) is 0 Å². The Bertz CT molecular complexity index is 467. The van der Waals surface area contributed by atoms with Crippen molar-refractivity contribution in [2.24, 2.45) is 17.6 Å². The van der Waals surface area contributed by atoms with E-state index in [1.165, 1.54) is 0 Å². The highest BCUT2D eigenvalue weighted by molar-refractivity contribution is 5.85. The van der Waals surface area contributed by atoms with E-state index in [1.54, 1.807) is 0 Å². The van der Waals surface area contributed by atoms with Crippen molar-refractivity contribution in [1.82, 2.24) is 5.32 Å². The highest BCUT2D eigenvalue weighted by Gasteiger charge is 2.26. The molecule has 1 amide bonds. The standard InChI is InChI=1S/C18H28N2O3.ClH/c1-14(12-23-13-15-5-3-2-4-6-15)11-20-18(21)17(19)16-7-9-22-10-8-16;/h2-6,14,16-17H,7-13,19H2,1H3,(H,20,21);1H. The van der Waals surface area contributed by atoms with Crippen molar-refractivity contribution in [2.45, 2.75) is 32.4 Å². The van der Waals surface area contributed by atoms with E-state index < -0.39 is 6.04 Å². The first-order chi connectivity index (χ1) is 11.2. The summed E-state index contributed by atoms with van der Waals surface area (Å²) >= 11 is 0. The molecule has 0 aromatic heterocycles. The van der Waals surface area contributed by atoms with Crippen LogP contribution < -0.4 is 11.1 Å². The monoisotopic (exact) mass is 356 g/mol. The van der Waals surface area contributed by atoms with Gasteiger partial charge >= 0.3 is 0 Å². The van der Waals surface area contributed by atoms with Crippen molar-refractivity contribution < 1.29 is 14.3 Å². The molecule has 0 saturated carbocycles. The van der Waals surface area contributed by atoms with Gasteiger partial charge in [0.1, 0.15) is 0 Å². The molecule has 0 aliphatic carbocycles. The van der Waals surface area contributed by atoms with Crippen molar-refractivity contribution in [3.8, 4) is 0 Å². The second-order valence-electron chi connectivity index (χ2n) is 6.33. The summed E-state index contributed by atoms with van der Waals surface area (Å²) in [5.41, 5.74) is 7.21. The lowest BCUT2D eigenvalue weighted by molar-refractivity contribution is -0.124. The third-order valence-corrected chi connectivity index (χ3v) is 4.22. The Balaban J connectivity index is 0.00000288. The SMILES string of the molecule is CC(CNC(=O)C(N)C1CCOCC1)COCc1ccccc1.Cl. The molecule has 0 spiro atoms. The summed E-state index contributed by atoms with van der Waals surface area (Å²) in [5.74, 6) is 0.421. The Morgan fingerprint density at radius 3 is 2.67 bits per heavy atom. The quantitative estimate of drug-likeness (QED) is 0.748. The van der Waals surface area contributed by atoms with E-state index in [9.17, 15) is 4.79 Å². The highest BCUT2D eigenvalue weighted by atomic mass is 35.5. The van der Waals surface area contributed by atoms with Crippen LogP contribution in [0.25, 0.3) is 0 Å². The summed E-state index contributed by atoms with van der Waals surface area (Å²) < 4.78 is 11.0. The Morgan fingerprint density at radius 1 is 1.33 bits per heavy atom. The zero-order valence-electron chi connectivity index (χ0n) is 14.3. The molecule has 1 aromatic rings. The van der Waals surface area contributed by atoms with Gasteiger partial charge in [-0.2, -0.15) is 0 Å². The summed E-state index contributed by atoms with van der Waals surface area (Å²) in [6.07, 6.45) is 1.73. The number of halogens is 1. The summed E-state index contributed by atoms with van der Waals surface area (Å²) in [4.78, 5) is 12.1. The molecule has 1 aliphatic rings. The summed E-state index contributed by atoms with van der Waals surface area (Å²) in [5, 5.41) is 2.94. The third kappa shape index (κ3) is 7.18. The first-order valence-corrected chi connectivity index (χ1v) is 8.39. The molecule has 1 heterocycles. The highest BCUT2D eigenvalue weighted by Crippen LogP contribution is 2.17. The fourth-order valence-corrected chi connectivity index (χ4v) is 2.69. The first kappa shape index (κ1) is 20.9. The second kappa shape index (κ2) is 11.4. The van der Waals surface area contributed by atoms with Gasteiger partial charge in [0.25, 0.3) is 0 Å². The number of hydrogen-bond acceptors (Lipinski definition) is 4. The van der Waals surface area contributed by atoms with E-state index in [0.29, 0.717) is 33.0 Å². The zero-order chi connectivity index (χ0) is 16.5. The maximum absolute atomic E-state index is 12.1. The molecule has 136 valence electrons. The lowest BCUT2D eigenvalue weighted by atomic mass is 9.92. The molecule has 2 rings (SSSR count). The van der Waals surface area contributed by atoms with Gasteiger partial charge in [-0.3, -0.25) is 4.79 Å². The summed E-state index contributed by atoms with van der Waals surface area (Å²) in [6.45, 7) is 5.27. The largest absolute Gasteiger partial charge is 0.381 e. The van der Waals surface area contributed by atoms with E-state index in [0.717, 1.165) is 18.4 Å². The Hall–Kier alpha value is -1.14. The number of nitrogens with one attached hydrogen (secondary N) is 1. The van der Waals surface area contributed by atoms with Gasteiger partial charge in [-0.1, -0.05) is 37.3 Å². The topological polar surface area (TPSA) is 73.6 Å². The van der Waals surface area contributed by atoms with Crippen LogP contribution in [0.4, 0.5) is 0 Å². The molecule has 5 nitrogen and oxygen atoms in total. The van der Waals surface area contributed by atoms with Crippen molar-refractivity contribution in [2.75, 3.05) is 26.4 Å². The summed E-state index contributed by atoms with van der Waals surface area (Å²) in [7, 11) is 0. The molecule has 1 saturated heterocycles. The molecule has 1 aliphatic heterocycles. The van der Waals surface area contributed by atoms with Gasteiger partial charge in [-0.25, -0.2) is 0 Å². The summed E-state index contributed by atoms with van der Waals surface area (Å²) in [6, 6.07) is 9.64. The van der Waals surface area contributed by atoms with Crippen molar-refractivity contribution in [3.63, 3.8) is 0 Å². The van der Waals surface area contributed by atoms with Crippen LogP contribution in [0.15, 0.2) is 30.3 Å². The first-order valence-electron chi connectivity index (χ1n) is 8.39. The number of carbonyl (C=O) groups is 1. The van der Waals surface area contributed by atoms with E-state index in [2.05, 4.69) is 12.2 Å². The van der Waals surface area contributed by atoms with Crippen LogP contribution >= 0.6 is 12.4 Å². The smallest absolute Gasteiger partial charge is 0.237 e. The number of hydrogen-bond donors (Lipinski definition) is 2. The Labute approximate surface area is 150 Å². The number of ether oxygens (including phenoxy) is 2. The lowest BCUT2D eigenvalue weighted by Crippen LogP contribution is -2.48. The minimum atomic E-state index is -0.434. The van der Waals surface area contributed by atoms with Gasteiger partial charge in [0.2, 0.25) is 5.91 Å². The fraction of sp³-hybridized carbons (Fsp3) is 0.611. The van der Waals surface area contributed by atoms with Gasteiger partial charge in [0.15, 0.2) is 0 Å². The van der Waals surface area contributed by atoms with Gasteiger partial charge in [-0.15, -0.1) is 12.4 Å². The number of nitrogens with two attached hydrogens (primary N) is 1. The predicted molar refractivity (Wildman–Crippen MR) is 97.0 cm³/mol. The van der Waals surface area contributed by atoms with E-state index in [1.807, 2.05) is 30.3 Å². The van der Waals surface area contributed by atoms with Crippen LogP contribution in [0.1, 0.15) is 25.3 Å². The number of rotatable bonds is 8. The minimum absolute atomic E-state index is 0. The minimum Gasteiger partial charge on any atom is -0.381 e. The average Bonchev–Trinajstić information content (AvgIpc) is 2.60. The molecular weight excluding hydrogens is 328 g/mol. The van der Waals surface area contributed by atoms with Crippen LogP contribution in [0.2, 0.25) is 0 Å². The van der Waals surface area contributed by atoms with Gasteiger partial charge < -0.3 is 20.5 Å². The van der Waals surface area contributed by atoms with Crippen molar-refractivity contribution in [1.29, 1.82) is 0 Å². The zero-order valence-corrected chi connectivity index (χ0v) is 15.1. The van der Waals surface area contributed by atoms with Crippen LogP contribution in [-0.2, 0) is 20.9 Å². The molecule has 1 aromatic carbocycles. The van der Waals surface area contributed by atoms with Crippen LogP contribution in [-0.4, -0.2) is 38.3 Å². The molecule has 6 heteroatoms. The third-order valence-electron chi connectivity index (χ3n) is 4.22. The molecular formula is C18H29ClN2O3. The van der Waals surface area contributed by atoms with Gasteiger partial charge in [-0.05, 0) is 30.2 Å². The number of benzene rings is 1. The number of carbonyl (C=O) groups excluding carboxylic acids is 1. The predicted octanol–water partition coefficient (Wildman–Crippen LogP) is 2.13. The van der Waals surface area contributed by atoms with E-state index in [4.69, 9.17) is 15.2 Å². The maximum Gasteiger partial charge on any atom is 0.237 e. The van der Waals surface area contributed by atoms with Crippen molar-refractivity contribution >= 4 is 18.3 Å². The Morgan fingerprint density at radius 2 is 2.00 bits per heavy atom.